The van der Waals surface area contributed by atoms with Gasteiger partial charge < -0.3 is 0 Å². The topological polar surface area (TPSA) is 0 Å². The summed E-state index contributed by atoms with van der Waals surface area (Å²) in [5.41, 5.74) is 29.6. The van der Waals surface area contributed by atoms with Gasteiger partial charge in [-0.2, -0.15) is 0 Å². The summed E-state index contributed by atoms with van der Waals surface area (Å²) in [6, 6.07) is 74.8. The van der Waals surface area contributed by atoms with Gasteiger partial charge >= 0.3 is 0 Å². The van der Waals surface area contributed by atoms with Crippen molar-refractivity contribution in [1.82, 2.24) is 0 Å². The molecule has 0 aliphatic heterocycles. The van der Waals surface area contributed by atoms with E-state index in [1.807, 2.05) is 13.0 Å². The van der Waals surface area contributed by atoms with Gasteiger partial charge in [0.2, 0.25) is 0 Å². The van der Waals surface area contributed by atoms with Crippen LogP contribution in [0.1, 0.15) is 122 Å². The maximum atomic E-state index is 3.84. The quantitative estimate of drug-likeness (QED) is 0.0898. The monoisotopic (exact) mass is 987 g/mol. The van der Waals surface area contributed by atoms with Gasteiger partial charge in [0.15, 0.2) is 0 Å². The largest absolute Gasteiger partial charge is 0.0990 e. The second-order valence-electron chi connectivity index (χ2n) is 22.0. The Morgan fingerprint density at radius 3 is 1.74 bits per heavy atom. The van der Waals surface area contributed by atoms with E-state index in [4.69, 9.17) is 0 Å². The molecule has 0 heteroatoms. The normalized spacial score (nSPS) is 13.9. The van der Waals surface area contributed by atoms with E-state index in [0.717, 1.165) is 31.6 Å². The molecule has 0 amide bonds. The van der Waals surface area contributed by atoms with Crippen molar-refractivity contribution in [2.24, 2.45) is 0 Å². The minimum atomic E-state index is 0.0569. The number of benzene rings is 9. The van der Waals surface area contributed by atoms with Crippen LogP contribution in [0.15, 0.2) is 231 Å². The van der Waals surface area contributed by atoms with Crippen LogP contribution in [-0.2, 0) is 18.3 Å². The van der Waals surface area contributed by atoms with E-state index in [1.54, 1.807) is 0 Å². The van der Waals surface area contributed by atoms with E-state index in [1.165, 1.54) is 135 Å². The average Bonchev–Trinajstić information content (AvgIpc) is 4.32. The van der Waals surface area contributed by atoms with Gasteiger partial charge in [0, 0.05) is 5.41 Å². The summed E-state index contributed by atoms with van der Waals surface area (Å²) in [5, 5.41) is 0. The Morgan fingerprint density at radius 2 is 1.11 bits per heavy atom. The zero-order valence-electron chi connectivity index (χ0n) is 46.0. The summed E-state index contributed by atoms with van der Waals surface area (Å²) in [5.74, 6) is 1.23. The first-order valence-electron chi connectivity index (χ1n) is 27.9. The molecule has 11 rings (SSSR count). The van der Waals surface area contributed by atoms with E-state index < -0.39 is 0 Å². The van der Waals surface area contributed by atoms with Crippen LogP contribution < -0.4 is 0 Å². The van der Waals surface area contributed by atoms with Crippen LogP contribution in [0.4, 0.5) is 0 Å². The molecule has 2 aliphatic carbocycles. The molecule has 1 fully saturated rings. The fourth-order valence-corrected chi connectivity index (χ4v) is 11.7. The van der Waals surface area contributed by atoms with Gasteiger partial charge in [-0.1, -0.05) is 253 Å². The fourth-order valence-electron chi connectivity index (χ4n) is 11.7. The smallest absolute Gasteiger partial charge is 0.0158 e. The van der Waals surface area contributed by atoms with E-state index in [0.29, 0.717) is 5.92 Å². The molecular weight excluding hydrogens is 913 g/mol. The highest BCUT2D eigenvalue weighted by atomic mass is 14.4. The Kier molecular flexibility index (Phi) is 15.6. The van der Waals surface area contributed by atoms with Crippen LogP contribution in [0.3, 0.4) is 0 Å². The average molecular weight is 987 g/mol. The molecule has 0 heterocycles. The molecule has 9 aromatic rings. The molecule has 2 aliphatic rings. The number of aryl methyl sites for hydroxylation is 4. The van der Waals surface area contributed by atoms with E-state index >= 15 is 0 Å². The summed E-state index contributed by atoms with van der Waals surface area (Å²) in [6.07, 6.45) is 15.2. The van der Waals surface area contributed by atoms with E-state index in [-0.39, 0.29) is 5.41 Å². The van der Waals surface area contributed by atoms with Crippen molar-refractivity contribution in [2.45, 2.75) is 104 Å². The van der Waals surface area contributed by atoms with Gasteiger partial charge in [-0.15, -0.1) is 0 Å². The zero-order chi connectivity index (χ0) is 52.8. The van der Waals surface area contributed by atoms with Crippen LogP contribution in [0.5, 0.6) is 0 Å². The lowest BCUT2D eigenvalue weighted by molar-refractivity contribution is 0.653. The lowest BCUT2D eigenvalue weighted by Gasteiger charge is -2.22. The number of rotatable bonds is 15. The predicted octanol–water partition coefficient (Wildman–Crippen LogP) is 21.3. The Labute approximate surface area is 455 Å². The first-order valence-corrected chi connectivity index (χ1v) is 27.9. The Bertz CT molecular complexity index is 3550. The van der Waals surface area contributed by atoms with Gasteiger partial charge in [0.25, 0.3) is 0 Å². The highest BCUT2D eigenvalue weighted by Crippen LogP contribution is 2.49. The first kappa shape index (κ1) is 51.7. The van der Waals surface area contributed by atoms with Crippen molar-refractivity contribution < 1.29 is 0 Å². The van der Waals surface area contributed by atoms with Crippen LogP contribution in [0.2, 0.25) is 0 Å². The van der Waals surface area contributed by atoms with Crippen molar-refractivity contribution in [1.29, 1.82) is 0 Å². The Balaban J connectivity index is 0.000000240. The third-order valence-electron chi connectivity index (χ3n) is 16.3. The second kappa shape index (κ2) is 23.0. The Morgan fingerprint density at radius 1 is 0.539 bits per heavy atom. The van der Waals surface area contributed by atoms with E-state index in [2.05, 4.69) is 267 Å². The van der Waals surface area contributed by atoms with Crippen LogP contribution in [0.25, 0.3) is 72.3 Å². The molecule has 9 aromatic carbocycles. The maximum Gasteiger partial charge on any atom is 0.0158 e. The van der Waals surface area contributed by atoms with Crippen molar-refractivity contribution in [2.75, 3.05) is 0 Å². The first-order chi connectivity index (χ1) is 37.0. The van der Waals surface area contributed by atoms with Crippen molar-refractivity contribution in [3.05, 3.63) is 281 Å². The zero-order valence-corrected chi connectivity index (χ0v) is 46.0. The molecule has 1 unspecified atom stereocenters. The van der Waals surface area contributed by atoms with Crippen molar-refractivity contribution in [3.8, 4) is 66.8 Å². The van der Waals surface area contributed by atoms with Gasteiger partial charge in [-0.25, -0.2) is 0 Å². The highest BCUT2D eigenvalue weighted by Gasteiger charge is 2.35. The summed E-state index contributed by atoms with van der Waals surface area (Å²) in [4.78, 5) is 0. The minimum Gasteiger partial charge on any atom is -0.0990 e. The number of hydrogen-bond acceptors (Lipinski definition) is 0. The second-order valence-corrected chi connectivity index (χ2v) is 22.0. The lowest BCUT2D eigenvalue weighted by atomic mass is 9.81. The summed E-state index contributed by atoms with van der Waals surface area (Å²) in [7, 11) is 0. The van der Waals surface area contributed by atoms with Gasteiger partial charge in [0.05, 0.1) is 0 Å². The summed E-state index contributed by atoms with van der Waals surface area (Å²) >= 11 is 0. The predicted molar refractivity (Wildman–Crippen MR) is 329 cm³/mol. The fraction of sp³-hybridized carbons (Fsp3) is 0.211. The molecule has 0 aromatic heterocycles. The molecule has 0 nitrogen and oxygen atoms in total. The number of allylic oxidation sites excluding steroid dienone is 5. The standard InChI is InChI=1S/C53H48.C23H26/c1-35(13-15-37-16-32-49-48-11-7-8-12-51(48)53(3,4)52(49)33-37)38-18-20-39(21-19-38)40-22-24-41(25-23-40)42-26-28-43(29-27-42)45-17-14-36(2)50(34-45)47-10-6-5-9-46(47)44-30-31-44;1-5-10-19(11-6-2)21-16-15-20(12-7-3)23(17-21)22-14-9-8-13-18(22)4/h5-12,14,16-29,32-35,44H,13,15,30-31H2,1-4H3;5-6,8-11,13-17H,1,7,12H2,2-4H3/b;11-6-,19-10+. The van der Waals surface area contributed by atoms with Gasteiger partial charge in [0.1, 0.15) is 0 Å². The third kappa shape index (κ3) is 11.1. The van der Waals surface area contributed by atoms with E-state index in [9.17, 15) is 0 Å². The molecule has 0 spiro atoms. The van der Waals surface area contributed by atoms with Crippen molar-refractivity contribution in [3.63, 3.8) is 0 Å². The SMILES string of the molecule is C=C/C=C(\C=C/C)c1ccc(CCC)c(-c2ccccc2C)c1.Cc1ccc(-c2ccc(-c3ccc(-c4ccc(C(C)CCc5ccc6c(c5)C(C)(C)c5ccccc5-6)cc4)cc3)cc2)cc1-c1ccccc1C1CC1. The molecule has 0 radical (unpaired) electrons. The third-order valence-corrected chi connectivity index (χ3v) is 16.3. The minimum absolute atomic E-state index is 0.0569. The molecule has 1 saturated carbocycles. The van der Waals surface area contributed by atoms with Gasteiger partial charge in [-0.05, 0) is 199 Å². The van der Waals surface area contributed by atoms with Crippen LogP contribution in [-0.4, -0.2) is 0 Å². The summed E-state index contributed by atoms with van der Waals surface area (Å²) in [6.45, 7) is 19.6. The Hall–Kier alpha value is -7.80. The molecular formula is C76H74. The van der Waals surface area contributed by atoms with Crippen LogP contribution >= 0.6 is 0 Å². The number of fused-ring (bicyclic) bond motifs is 3. The summed E-state index contributed by atoms with van der Waals surface area (Å²) < 4.78 is 0. The maximum absolute atomic E-state index is 3.84. The highest BCUT2D eigenvalue weighted by molar-refractivity contribution is 5.83. The van der Waals surface area contributed by atoms with Crippen molar-refractivity contribution >= 4 is 5.57 Å². The molecule has 0 bridgehead atoms. The van der Waals surface area contributed by atoms with Crippen LogP contribution in [0, 0.1) is 13.8 Å². The lowest BCUT2D eigenvalue weighted by Crippen LogP contribution is -2.15. The van der Waals surface area contributed by atoms with Gasteiger partial charge in [-0.3, -0.25) is 0 Å². The molecule has 1 atom stereocenters. The number of hydrogen-bond donors (Lipinski definition) is 0. The molecule has 76 heavy (non-hydrogen) atoms. The molecule has 0 saturated heterocycles. The molecule has 0 N–H and O–H groups in total. The molecule has 378 valence electrons.